The fraction of sp³-hybridized carbons (Fsp3) is 0.167. The van der Waals surface area contributed by atoms with Gasteiger partial charge in [-0.05, 0) is 45.9 Å². The number of rotatable bonds is 2. The molecule has 1 atom stereocenters. The van der Waals surface area contributed by atoms with Crippen LogP contribution in [0, 0.1) is 5.82 Å². The maximum absolute atomic E-state index is 12.8. The van der Waals surface area contributed by atoms with E-state index in [-0.39, 0.29) is 5.82 Å². The molecule has 4 heteroatoms. The molecule has 0 saturated heterocycles. The van der Waals surface area contributed by atoms with E-state index in [1.165, 1.54) is 23.5 Å². The molecule has 0 aliphatic rings. The van der Waals surface area contributed by atoms with Gasteiger partial charge < -0.3 is 5.11 Å². The summed E-state index contributed by atoms with van der Waals surface area (Å²) in [6.45, 7) is 1.70. The van der Waals surface area contributed by atoms with Crippen molar-refractivity contribution in [2.75, 3.05) is 0 Å². The fourth-order valence-electron chi connectivity index (χ4n) is 1.56. The van der Waals surface area contributed by atoms with Crippen LogP contribution in [-0.4, -0.2) is 5.11 Å². The van der Waals surface area contributed by atoms with Crippen molar-refractivity contribution in [2.24, 2.45) is 0 Å². The van der Waals surface area contributed by atoms with E-state index in [0.717, 1.165) is 10.0 Å². The third-order valence-corrected chi connectivity index (χ3v) is 4.25. The first-order chi connectivity index (χ1) is 7.51. The molecule has 16 heavy (non-hydrogen) atoms. The molecule has 0 aliphatic carbocycles. The maximum Gasteiger partial charge on any atom is 0.123 e. The summed E-state index contributed by atoms with van der Waals surface area (Å²) in [5, 5.41) is 14.3. The van der Waals surface area contributed by atoms with Gasteiger partial charge in [0.1, 0.15) is 11.4 Å². The van der Waals surface area contributed by atoms with E-state index in [4.69, 9.17) is 0 Å². The molecule has 0 amide bonds. The summed E-state index contributed by atoms with van der Waals surface area (Å²) in [6, 6.07) is 5.90. The number of thiophene rings is 1. The van der Waals surface area contributed by atoms with Gasteiger partial charge in [0.05, 0.1) is 0 Å². The lowest BCUT2D eigenvalue weighted by Crippen LogP contribution is -2.22. The van der Waals surface area contributed by atoms with Crippen molar-refractivity contribution in [1.29, 1.82) is 0 Å². The first-order valence-electron chi connectivity index (χ1n) is 4.72. The van der Waals surface area contributed by atoms with Crippen LogP contribution in [0.2, 0.25) is 0 Å². The van der Waals surface area contributed by atoms with Gasteiger partial charge in [-0.2, -0.15) is 11.3 Å². The quantitative estimate of drug-likeness (QED) is 0.892. The van der Waals surface area contributed by atoms with E-state index < -0.39 is 5.60 Å². The van der Waals surface area contributed by atoms with E-state index in [2.05, 4.69) is 15.9 Å². The predicted octanol–water partition coefficient (Wildman–Crippen LogP) is 3.91. The second-order valence-electron chi connectivity index (χ2n) is 3.71. The highest BCUT2D eigenvalue weighted by Gasteiger charge is 2.28. The molecule has 0 spiro atoms. The van der Waals surface area contributed by atoms with E-state index in [0.29, 0.717) is 5.56 Å². The predicted molar refractivity (Wildman–Crippen MR) is 67.1 cm³/mol. The van der Waals surface area contributed by atoms with Crippen molar-refractivity contribution in [3.63, 3.8) is 0 Å². The van der Waals surface area contributed by atoms with Crippen LogP contribution in [0.4, 0.5) is 4.39 Å². The molecular weight excluding hydrogens is 291 g/mol. The van der Waals surface area contributed by atoms with Crippen molar-refractivity contribution in [3.05, 3.63) is 56.4 Å². The van der Waals surface area contributed by atoms with E-state index in [1.54, 1.807) is 19.1 Å². The summed E-state index contributed by atoms with van der Waals surface area (Å²) < 4.78 is 13.7. The Bertz CT molecular complexity index is 490. The van der Waals surface area contributed by atoms with Crippen LogP contribution in [0.25, 0.3) is 0 Å². The fourth-order valence-corrected chi connectivity index (χ4v) is 3.34. The van der Waals surface area contributed by atoms with E-state index in [9.17, 15) is 9.50 Å². The molecule has 1 nitrogen and oxygen atoms in total. The first-order valence-corrected chi connectivity index (χ1v) is 6.46. The largest absolute Gasteiger partial charge is 0.381 e. The van der Waals surface area contributed by atoms with Gasteiger partial charge in [0.15, 0.2) is 0 Å². The molecule has 0 aliphatic heterocycles. The molecule has 2 rings (SSSR count). The summed E-state index contributed by atoms with van der Waals surface area (Å²) in [4.78, 5) is 0. The van der Waals surface area contributed by atoms with Gasteiger partial charge in [-0.25, -0.2) is 4.39 Å². The summed E-state index contributed by atoms with van der Waals surface area (Å²) in [6.07, 6.45) is 0. The normalized spacial score (nSPS) is 14.8. The monoisotopic (exact) mass is 300 g/mol. The standard InChI is InChI=1S/C12H10BrFOS/c1-12(15,10-6-16-7-11(10)13)8-2-4-9(14)5-3-8/h2-7,15H,1H3. The minimum absolute atomic E-state index is 0.302. The molecule has 1 heterocycles. The molecule has 2 aromatic rings. The van der Waals surface area contributed by atoms with Crippen LogP contribution >= 0.6 is 27.3 Å². The van der Waals surface area contributed by atoms with Crippen LogP contribution < -0.4 is 0 Å². The zero-order valence-electron chi connectivity index (χ0n) is 8.58. The molecule has 0 radical (unpaired) electrons. The Hall–Kier alpha value is -0.710. The highest BCUT2D eigenvalue weighted by atomic mass is 79.9. The van der Waals surface area contributed by atoms with Crippen molar-refractivity contribution in [1.82, 2.24) is 0 Å². The second kappa shape index (κ2) is 4.28. The number of aliphatic hydroxyl groups is 1. The van der Waals surface area contributed by atoms with Gasteiger partial charge in [-0.1, -0.05) is 12.1 Å². The topological polar surface area (TPSA) is 20.2 Å². The number of benzene rings is 1. The van der Waals surface area contributed by atoms with Gasteiger partial charge in [0, 0.05) is 15.4 Å². The Morgan fingerprint density at radius 3 is 2.38 bits per heavy atom. The Labute approximate surface area is 106 Å². The second-order valence-corrected chi connectivity index (χ2v) is 5.31. The van der Waals surface area contributed by atoms with Crippen LogP contribution in [0.1, 0.15) is 18.1 Å². The highest BCUT2D eigenvalue weighted by molar-refractivity contribution is 9.10. The molecule has 1 N–H and O–H groups in total. The number of hydrogen-bond donors (Lipinski definition) is 1. The van der Waals surface area contributed by atoms with Gasteiger partial charge in [0.2, 0.25) is 0 Å². The van der Waals surface area contributed by atoms with E-state index in [1.807, 2.05) is 10.8 Å². The Balaban J connectivity index is 2.46. The van der Waals surface area contributed by atoms with Gasteiger partial charge in [0.25, 0.3) is 0 Å². The van der Waals surface area contributed by atoms with Gasteiger partial charge in [-0.15, -0.1) is 0 Å². The molecule has 1 aromatic carbocycles. The third kappa shape index (κ3) is 2.05. The minimum Gasteiger partial charge on any atom is -0.381 e. The molecular formula is C12H10BrFOS. The van der Waals surface area contributed by atoms with Crippen LogP contribution in [0.5, 0.6) is 0 Å². The summed E-state index contributed by atoms with van der Waals surface area (Å²) >= 11 is 4.90. The SMILES string of the molecule is CC(O)(c1ccc(F)cc1)c1cscc1Br. The van der Waals surface area contributed by atoms with Crippen molar-refractivity contribution in [3.8, 4) is 0 Å². The lowest BCUT2D eigenvalue weighted by Gasteiger charge is -2.23. The summed E-state index contributed by atoms with van der Waals surface area (Å²) in [7, 11) is 0. The van der Waals surface area contributed by atoms with Crippen molar-refractivity contribution < 1.29 is 9.50 Å². The average molecular weight is 301 g/mol. The molecule has 0 fully saturated rings. The van der Waals surface area contributed by atoms with Crippen molar-refractivity contribution >= 4 is 27.3 Å². The molecule has 0 bridgehead atoms. The van der Waals surface area contributed by atoms with E-state index >= 15 is 0 Å². The Morgan fingerprint density at radius 1 is 1.25 bits per heavy atom. The third-order valence-electron chi connectivity index (χ3n) is 2.55. The first kappa shape index (κ1) is 11.8. The number of hydrogen-bond acceptors (Lipinski definition) is 2. The van der Waals surface area contributed by atoms with Crippen LogP contribution in [0.3, 0.4) is 0 Å². The van der Waals surface area contributed by atoms with Crippen molar-refractivity contribution in [2.45, 2.75) is 12.5 Å². The average Bonchev–Trinajstić information content (AvgIpc) is 2.66. The Kier molecular flexibility index (Phi) is 3.15. The minimum atomic E-state index is -1.10. The zero-order valence-corrected chi connectivity index (χ0v) is 11.0. The van der Waals surface area contributed by atoms with Crippen LogP contribution in [0.15, 0.2) is 39.5 Å². The summed E-state index contributed by atoms with van der Waals surface area (Å²) in [5.41, 5.74) is 0.365. The van der Waals surface area contributed by atoms with Crippen LogP contribution in [-0.2, 0) is 5.60 Å². The number of halogens is 2. The zero-order chi connectivity index (χ0) is 11.8. The summed E-state index contributed by atoms with van der Waals surface area (Å²) in [5.74, 6) is -0.302. The molecule has 1 aromatic heterocycles. The Morgan fingerprint density at radius 2 is 1.88 bits per heavy atom. The smallest absolute Gasteiger partial charge is 0.123 e. The molecule has 1 unspecified atom stereocenters. The molecule has 84 valence electrons. The maximum atomic E-state index is 12.8. The lowest BCUT2D eigenvalue weighted by molar-refractivity contribution is 0.102. The van der Waals surface area contributed by atoms with Gasteiger partial charge >= 0.3 is 0 Å². The molecule has 0 saturated carbocycles. The lowest BCUT2D eigenvalue weighted by atomic mass is 9.90. The van der Waals surface area contributed by atoms with Gasteiger partial charge in [-0.3, -0.25) is 0 Å². The highest BCUT2D eigenvalue weighted by Crippen LogP contribution is 2.36.